The van der Waals surface area contributed by atoms with Crippen molar-refractivity contribution in [1.29, 1.82) is 0 Å². The molecular weight excluding hydrogens is 374 g/mol. The lowest BCUT2D eigenvalue weighted by Gasteiger charge is -2.18. The van der Waals surface area contributed by atoms with Crippen LogP contribution in [0.25, 0.3) is 0 Å². The van der Waals surface area contributed by atoms with Gasteiger partial charge < -0.3 is 10.2 Å². The summed E-state index contributed by atoms with van der Waals surface area (Å²) in [6, 6.07) is 11.4. The molecule has 28 heavy (non-hydrogen) atoms. The van der Waals surface area contributed by atoms with E-state index in [9.17, 15) is 13.2 Å². The summed E-state index contributed by atoms with van der Waals surface area (Å²) in [6.07, 6.45) is 0. The highest BCUT2D eigenvalue weighted by molar-refractivity contribution is 7.92. The van der Waals surface area contributed by atoms with E-state index in [4.69, 9.17) is 0 Å². The fourth-order valence-electron chi connectivity index (χ4n) is 2.77. The molecule has 0 unspecified atom stereocenters. The number of hydrogen-bond donors (Lipinski definition) is 2. The van der Waals surface area contributed by atoms with Crippen LogP contribution in [0, 0.1) is 13.8 Å². The number of anilines is 1. The highest BCUT2D eigenvalue weighted by atomic mass is 32.2. The van der Waals surface area contributed by atoms with Gasteiger partial charge in [0.15, 0.2) is 0 Å². The number of likely N-dealkylation sites (N-methyl/N-ethyl adjacent to an activating group) is 1. The summed E-state index contributed by atoms with van der Waals surface area (Å²) in [7, 11) is -3.71. The van der Waals surface area contributed by atoms with Gasteiger partial charge in [0.2, 0.25) is 0 Å². The summed E-state index contributed by atoms with van der Waals surface area (Å²) >= 11 is 0. The molecule has 0 bridgehead atoms. The van der Waals surface area contributed by atoms with Crippen LogP contribution >= 0.6 is 0 Å². The van der Waals surface area contributed by atoms with Crippen LogP contribution in [-0.2, 0) is 10.0 Å². The third-order valence-electron chi connectivity index (χ3n) is 4.79. The van der Waals surface area contributed by atoms with E-state index in [1.165, 1.54) is 24.3 Å². The maximum atomic E-state index is 12.6. The van der Waals surface area contributed by atoms with Gasteiger partial charge in [0, 0.05) is 24.3 Å². The molecule has 0 spiro atoms. The molecule has 0 aliphatic heterocycles. The minimum absolute atomic E-state index is 0.116. The van der Waals surface area contributed by atoms with Crippen molar-refractivity contribution >= 4 is 21.6 Å². The molecule has 1 amide bonds. The fourth-order valence-corrected chi connectivity index (χ4v) is 3.82. The van der Waals surface area contributed by atoms with Crippen LogP contribution in [0.2, 0.25) is 0 Å². The molecule has 0 radical (unpaired) electrons. The molecule has 7 heteroatoms. The highest BCUT2D eigenvalue weighted by Gasteiger charge is 2.15. The van der Waals surface area contributed by atoms with Crippen LogP contribution in [0.15, 0.2) is 47.4 Å². The Bertz CT molecular complexity index is 905. The van der Waals surface area contributed by atoms with E-state index in [2.05, 4.69) is 28.8 Å². The molecule has 0 atom stereocenters. The van der Waals surface area contributed by atoms with E-state index < -0.39 is 10.0 Å². The lowest BCUT2D eigenvalue weighted by Crippen LogP contribution is -2.34. The zero-order valence-corrected chi connectivity index (χ0v) is 17.8. The minimum atomic E-state index is -3.71. The number of carbonyl (C=O) groups excluding carboxylic acids is 1. The summed E-state index contributed by atoms with van der Waals surface area (Å²) in [4.78, 5) is 14.6. The molecule has 0 heterocycles. The Labute approximate surface area is 168 Å². The first-order valence-corrected chi connectivity index (χ1v) is 11.0. The molecule has 0 fully saturated rings. The van der Waals surface area contributed by atoms with E-state index in [1.54, 1.807) is 12.1 Å². The predicted molar refractivity (Wildman–Crippen MR) is 113 cm³/mol. The molecule has 2 aromatic carbocycles. The summed E-state index contributed by atoms with van der Waals surface area (Å²) in [5.41, 5.74) is 3.06. The second kappa shape index (κ2) is 9.71. The molecule has 2 rings (SSSR count). The number of amides is 1. The Morgan fingerprint density at radius 3 is 2.18 bits per heavy atom. The standard InChI is InChI=1S/C21H29N3O3S/c1-5-24(6-2)14-13-22-21(25)18-8-11-20(12-9-18)28(26,27)23-19-10-7-16(3)17(4)15-19/h7-12,15,23H,5-6,13-14H2,1-4H3,(H,22,25). The van der Waals surface area contributed by atoms with E-state index in [1.807, 2.05) is 19.9 Å². The molecule has 0 saturated carbocycles. The van der Waals surface area contributed by atoms with Gasteiger partial charge in [0.25, 0.3) is 15.9 Å². The van der Waals surface area contributed by atoms with Gasteiger partial charge in [0.05, 0.1) is 4.90 Å². The normalized spacial score (nSPS) is 11.5. The Balaban J connectivity index is 2.02. The van der Waals surface area contributed by atoms with E-state index >= 15 is 0 Å². The third kappa shape index (κ3) is 5.81. The summed E-state index contributed by atoms with van der Waals surface area (Å²) in [5, 5.41) is 2.86. The third-order valence-corrected chi connectivity index (χ3v) is 6.19. The van der Waals surface area contributed by atoms with Gasteiger partial charge in [-0.3, -0.25) is 9.52 Å². The second-order valence-corrected chi connectivity index (χ2v) is 8.39. The summed E-state index contributed by atoms with van der Waals surface area (Å²) < 4.78 is 27.7. The number of sulfonamides is 1. The molecule has 2 aromatic rings. The van der Waals surface area contributed by atoms with Gasteiger partial charge in [-0.1, -0.05) is 19.9 Å². The van der Waals surface area contributed by atoms with Crippen LogP contribution in [0.1, 0.15) is 35.3 Å². The average molecular weight is 404 g/mol. The van der Waals surface area contributed by atoms with Crippen LogP contribution in [0.3, 0.4) is 0 Å². The van der Waals surface area contributed by atoms with Crippen molar-refractivity contribution in [3.8, 4) is 0 Å². The Hall–Kier alpha value is -2.38. The van der Waals surface area contributed by atoms with Gasteiger partial charge in [-0.05, 0) is 74.5 Å². The second-order valence-electron chi connectivity index (χ2n) is 6.71. The summed E-state index contributed by atoms with van der Waals surface area (Å²) in [5.74, 6) is -0.210. The first-order valence-electron chi connectivity index (χ1n) is 9.47. The van der Waals surface area contributed by atoms with E-state index in [0.29, 0.717) is 17.8 Å². The van der Waals surface area contributed by atoms with Crippen molar-refractivity contribution in [3.63, 3.8) is 0 Å². The number of carbonyl (C=O) groups is 1. The molecule has 0 aromatic heterocycles. The lowest BCUT2D eigenvalue weighted by molar-refractivity contribution is 0.0949. The van der Waals surface area contributed by atoms with Crippen LogP contribution in [0.4, 0.5) is 5.69 Å². The van der Waals surface area contributed by atoms with Crippen LogP contribution in [-0.4, -0.2) is 45.4 Å². The van der Waals surface area contributed by atoms with Crippen LogP contribution in [0.5, 0.6) is 0 Å². The van der Waals surface area contributed by atoms with Gasteiger partial charge in [-0.15, -0.1) is 0 Å². The first-order chi connectivity index (χ1) is 13.3. The SMILES string of the molecule is CCN(CC)CCNC(=O)c1ccc(S(=O)(=O)Nc2ccc(C)c(C)c2)cc1. The number of nitrogens with one attached hydrogen (secondary N) is 2. The van der Waals surface area contributed by atoms with Crippen molar-refractivity contribution in [2.75, 3.05) is 30.9 Å². The highest BCUT2D eigenvalue weighted by Crippen LogP contribution is 2.19. The number of nitrogens with zero attached hydrogens (tertiary/aromatic N) is 1. The maximum Gasteiger partial charge on any atom is 0.261 e. The van der Waals surface area contributed by atoms with Gasteiger partial charge >= 0.3 is 0 Å². The largest absolute Gasteiger partial charge is 0.351 e. The number of benzene rings is 2. The lowest BCUT2D eigenvalue weighted by atomic mass is 10.1. The van der Waals surface area contributed by atoms with E-state index in [0.717, 1.165) is 30.8 Å². The molecule has 6 nitrogen and oxygen atoms in total. The quantitative estimate of drug-likeness (QED) is 0.674. The number of aryl methyl sites for hydroxylation is 2. The van der Waals surface area contributed by atoms with Gasteiger partial charge in [-0.25, -0.2) is 8.42 Å². The molecular formula is C21H29N3O3S. The van der Waals surface area contributed by atoms with Gasteiger partial charge in [-0.2, -0.15) is 0 Å². The summed E-state index contributed by atoms with van der Waals surface area (Å²) in [6.45, 7) is 11.3. The zero-order valence-electron chi connectivity index (χ0n) is 17.0. The fraction of sp³-hybridized carbons (Fsp3) is 0.381. The molecule has 0 aliphatic rings. The monoisotopic (exact) mass is 403 g/mol. The molecule has 2 N–H and O–H groups in total. The first kappa shape index (κ1) is 21.9. The van der Waals surface area contributed by atoms with Crippen LogP contribution < -0.4 is 10.0 Å². The zero-order chi connectivity index (χ0) is 20.7. The average Bonchev–Trinajstić information content (AvgIpc) is 2.68. The maximum absolute atomic E-state index is 12.6. The Morgan fingerprint density at radius 1 is 0.964 bits per heavy atom. The van der Waals surface area contributed by atoms with Gasteiger partial charge in [0.1, 0.15) is 0 Å². The predicted octanol–water partition coefficient (Wildman–Crippen LogP) is 3.18. The minimum Gasteiger partial charge on any atom is -0.351 e. The van der Waals surface area contributed by atoms with Crippen molar-refractivity contribution in [3.05, 3.63) is 59.2 Å². The Kier molecular flexibility index (Phi) is 7.60. The topological polar surface area (TPSA) is 78.5 Å². The van der Waals surface area contributed by atoms with Crippen molar-refractivity contribution < 1.29 is 13.2 Å². The molecule has 0 aliphatic carbocycles. The smallest absolute Gasteiger partial charge is 0.261 e. The number of hydrogen-bond acceptors (Lipinski definition) is 4. The molecule has 0 saturated heterocycles. The van der Waals surface area contributed by atoms with Crippen molar-refractivity contribution in [1.82, 2.24) is 10.2 Å². The Morgan fingerprint density at radius 2 is 1.61 bits per heavy atom. The molecule has 152 valence electrons. The van der Waals surface area contributed by atoms with Crippen molar-refractivity contribution in [2.24, 2.45) is 0 Å². The number of rotatable bonds is 9. The van der Waals surface area contributed by atoms with E-state index in [-0.39, 0.29) is 10.8 Å². The van der Waals surface area contributed by atoms with Crippen molar-refractivity contribution in [2.45, 2.75) is 32.6 Å².